The van der Waals surface area contributed by atoms with E-state index in [-0.39, 0.29) is 0 Å². The number of nitrogens with zero attached hydrogens (tertiary/aromatic N) is 12. The van der Waals surface area contributed by atoms with E-state index in [0.717, 1.165) is 51.9 Å². The van der Waals surface area contributed by atoms with E-state index in [1.165, 1.54) is 0 Å². The van der Waals surface area contributed by atoms with Crippen molar-refractivity contribution in [2.45, 2.75) is 53.4 Å². The molecule has 8 aliphatic rings. The van der Waals surface area contributed by atoms with Gasteiger partial charge in [-0.1, -0.05) is 101 Å². The maximum atomic E-state index is 6.36. The van der Waals surface area contributed by atoms with Crippen molar-refractivity contribution in [2.75, 3.05) is 78.8 Å². The molecule has 0 aliphatic carbocycles. The van der Waals surface area contributed by atoms with Crippen LogP contribution in [0.1, 0.15) is 53.4 Å². The predicted molar refractivity (Wildman–Crippen MR) is 314 cm³/mol. The van der Waals surface area contributed by atoms with Gasteiger partial charge in [-0.25, -0.2) is 5.09 Å². The number of nitrogens with one attached hydrogen (secondary N) is 8. The highest BCUT2D eigenvalue weighted by Gasteiger charge is 2.47. The Morgan fingerprint density at radius 3 is 1.07 bits per heavy atom. The molecule has 48 heteroatoms. The first-order chi connectivity index (χ1) is 31.6. The Bertz CT molecular complexity index is 2120. The van der Waals surface area contributed by atoms with Crippen LogP contribution >= 0.6 is 217 Å². The van der Waals surface area contributed by atoms with E-state index in [0.29, 0.717) is 52.6 Å². The Hall–Kier alpha value is 6.24. The monoisotopic (exact) mass is 1430 g/mol. The predicted octanol–water partition coefficient (Wildman–Crippen LogP) is 21.0. The fourth-order valence-corrected chi connectivity index (χ4v) is 61.0. The number of hydrogen-bond donors (Lipinski definition) is 8. The van der Waals surface area contributed by atoms with Gasteiger partial charge in [0.2, 0.25) is 6.71 Å². The molecule has 0 aromatic rings. The second-order valence-corrected chi connectivity index (χ2v) is 57.0. The SMILES string of the molecule is CCN[P+]1(Cl)N=P(Cl)(Cl)[N-][P@@]2(=N1)NCCCO2.CCN[P+]1(Cl)N=P(Cl)(Cl)[N-][P@]2(=N1)NCCCO2.CCN[P+]1(Cl)N=P(Cl)(Cl)[N-][P@]2(=N1)NCCCO2.CCN[P@]1(Cl)=NP(Cl)(Cl)=N[P@@]2(=N1)NCCCO2. The van der Waals surface area contributed by atoms with Crippen LogP contribution in [-0.4, -0.2) is 78.8 Å². The third-order valence-electron chi connectivity index (χ3n) is 7.86. The lowest BCUT2D eigenvalue weighted by molar-refractivity contribution is 0.310. The van der Waals surface area contributed by atoms with Crippen molar-refractivity contribution in [2.24, 2.45) is 40.6 Å². The van der Waals surface area contributed by atoms with Gasteiger partial charge < -0.3 is 32.7 Å². The van der Waals surface area contributed by atoms with E-state index in [1.54, 1.807) is 0 Å². The second kappa shape index (κ2) is 27.3. The summed E-state index contributed by atoms with van der Waals surface area (Å²) < 4.78 is 61.4. The van der Waals surface area contributed by atoms with Crippen LogP contribution in [-0.2, 0) is 18.1 Å². The molecule has 8 heterocycles. The smallest absolute Gasteiger partial charge is 0.418 e. The average Bonchev–Trinajstić information content (AvgIpc) is 3.16. The highest BCUT2D eigenvalue weighted by atomic mass is 35.9. The fraction of sp³-hybridized carbons (Fsp3) is 1.00. The first-order valence-corrected chi connectivity index (χ1v) is 51.0. The van der Waals surface area contributed by atoms with Crippen molar-refractivity contribution >= 4 is 217 Å². The first-order valence-electron chi connectivity index (χ1n) is 20.2. The van der Waals surface area contributed by atoms with Crippen LogP contribution in [0.3, 0.4) is 0 Å². The molecule has 0 radical (unpaired) electrons. The van der Waals surface area contributed by atoms with Crippen molar-refractivity contribution in [1.29, 1.82) is 0 Å². The lowest BCUT2D eigenvalue weighted by Gasteiger charge is -2.43. The van der Waals surface area contributed by atoms with Gasteiger partial charge in [-0.3, -0.25) is 20.3 Å². The van der Waals surface area contributed by atoms with Crippen LogP contribution < -0.4 is 40.7 Å². The molecular weight excluding hydrogens is 1380 g/mol. The van der Waals surface area contributed by atoms with Crippen molar-refractivity contribution in [1.82, 2.24) is 40.7 Å². The summed E-state index contributed by atoms with van der Waals surface area (Å²) in [5.41, 5.74) is 0. The maximum Gasteiger partial charge on any atom is 0.418 e. The molecule has 8 rings (SSSR count). The van der Waals surface area contributed by atoms with Gasteiger partial charge in [-0.05, 0) is 80.2 Å². The third kappa shape index (κ3) is 20.3. The topological polar surface area (TPSA) is 287 Å². The molecule has 4 fully saturated rings. The molecule has 8 atom stereocenters. The number of rotatable bonds is 8. The molecule has 400 valence electrons. The summed E-state index contributed by atoms with van der Waals surface area (Å²) in [6, 6.07) is 0. The molecule has 4 saturated heterocycles. The van der Waals surface area contributed by atoms with Crippen LogP contribution in [0.5, 0.6) is 0 Å². The van der Waals surface area contributed by atoms with Crippen LogP contribution in [0, 0.1) is 0 Å². The van der Waals surface area contributed by atoms with Crippen molar-refractivity contribution < 1.29 is 18.1 Å². The van der Waals surface area contributed by atoms with Crippen LogP contribution in [0.2, 0.25) is 0 Å². The van der Waals surface area contributed by atoms with Crippen LogP contribution in [0.25, 0.3) is 14.6 Å². The Kier molecular flexibility index (Phi) is 26.2. The molecule has 0 saturated carbocycles. The molecule has 8 aliphatic heterocycles. The zero-order valence-electron chi connectivity index (χ0n) is 36.2. The Morgan fingerprint density at radius 2 is 0.794 bits per heavy atom. The van der Waals surface area contributed by atoms with Crippen molar-refractivity contribution in [3.63, 3.8) is 0 Å². The molecule has 0 aromatic heterocycles. The Morgan fingerprint density at radius 1 is 0.456 bits per heavy atom. The van der Waals surface area contributed by atoms with E-state index in [4.69, 9.17) is 153 Å². The summed E-state index contributed by atoms with van der Waals surface area (Å²) in [4.78, 5) is 12.8. The molecular formula is C20H52Cl12N20O4P12. The molecule has 0 aromatic carbocycles. The summed E-state index contributed by atoms with van der Waals surface area (Å²) in [6.07, 6.45) is 3.65. The van der Waals surface area contributed by atoms with Crippen LogP contribution in [0.15, 0.2) is 40.6 Å². The molecule has 0 amide bonds. The third-order valence-corrected chi connectivity index (χ3v) is 53.7. The van der Waals surface area contributed by atoms with E-state index < -0.39 is 81.9 Å². The van der Waals surface area contributed by atoms with Gasteiger partial charge in [-0.2, -0.15) is 13.5 Å². The summed E-state index contributed by atoms with van der Waals surface area (Å²) in [7, 11) is -17.8. The lowest BCUT2D eigenvalue weighted by Crippen LogP contribution is -2.22. The first kappa shape index (κ1) is 65.1. The summed E-state index contributed by atoms with van der Waals surface area (Å²) >= 11 is 74.3. The summed E-state index contributed by atoms with van der Waals surface area (Å²) in [5.74, 6) is -11.2. The normalized spacial score (nSPS) is 40.6. The molecule has 4 spiro atoms. The number of hydrogen-bond acceptors (Lipinski definition) is 21. The van der Waals surface area contributed by atoms with Gasteiger partial charge in [0, 0.05) is 52.4 Å². The van der Waals surface area contributed by atoms with Gasteiger partial charge in [0.15, 0.2) is 33.7 Å². The van der Waals surface area contributed by atoms with E-state index in [1.807, 2.05) is 27.7 Å². The average molecular weight is 1430 g/mol. The van der Waals surface area contributed by atoms with E-state index in [2.05, 4.69) is 95.9 Å². The van der Waals surface area contributed by atoms with Gasteiger partial charge in [0.1, 0.15) is 40.5 Å². The zero-order valence-corrected chi connectivity index (χ0v) is 56.0. The van der Waals surface area contributed by atoms with Crippen LogP contribution in [0.4, 0.5) is 0 Å². The maximum absolute atomic E-state index is 6.36. The number of halogens is 12. The largest absolute Gasteiger partial charge is 0.512 e. The van der Waals surface area contributed by atoms with Gasteiger partial charge >= 0.3 is 21.2 Å². The minimum atomic E-state index is -2.80. The zero-order chi connectivity index (χ0) is 50.3. The standard InChI is InChI=1S/4C5H13Cl3N5OP3/c4*1-2-9-16(8)11-15(6,7)12-17(13-16)10-4-3-5-14-17/h4*9-10H,2-5H2,1H3/t3*16?,17-;16-,17-/m1001/s1. The van der Waals surface area contributed by atoms with E-state index >= 15 is 0 Å². The van der Waals surface area contributed by atoms with Gasteiger partial charge in [-0.15, -0.1) is 15.3 Å². The quantitative estimate of drug-likeness (QED) is 0.105. The Balaban J connectivity index is 0.000000169. The molecule has 68 heavy (non-hydrogen) atoms. The summed E-state index contributed by atoms with van der Waals surface area (Å²) in [6.45, 7) is 13.1. The lowest BCUT2D eigenvalue weighted by atomic mass is 10.5. The molecule has 3 unspecified atom stereocenters. The van der Waals surface area contributed by atoms with Crippen molar-refractivity contribution in [3.05, 3.63) is 14.6 Å². The summed E-state index contributed by atoms with van der Waals surface area (Å²) in [5, 5.41) is 24.8. The fourth-order valence-electron chi connectivity index (χ4n) is 5.67. The minimum absolute atomic E-state index is 0.588. The Labute approximate surface area is 458 Å². The molecule has 8 N–H and O–H groups in total. The van der Waals surface area contributed by atoms with Gasteiger partial charge in [0.25, 0.3) is 13.5 Å². The molecule has 0 bridgehead atoms. The highest BCUT2D eigenvalue weighted by molar-refractivity contribution is 8.23. The van der Waals surface area contributed by atoms with Crippen molar-refractivity contribution in [3.8, 4) is 0 Å². The second-order valence-electron chi connectivity index (χ2n) is 13.6. The highest BCUT2D eigenvalue weighted by Crippen LogP contribution is 2.93. The molecule has 24 nitrogen and oxygen atoms in total. The van der Waals surface area contributed by atoms with Gasteiger partial charge in [0.05, 0.1) is 26.4 Å². The minimum Gasteiger partial charge on any atom is -0.512 e. The van der Waals surface area contributed by atoms with E-state index in [9.17, 15) is 0 Å².